The van der Waals surface area contributed by atoms with Gasteiger partial charge in [0.05, 0.1) is 18.6 Å². The molecule has 1 fully saturated rings. The second-order valence-electron chi connectivity index (χ2n) is 5.85. The van der Waals surface area contributed by atoms with Gasteiger partial charge in [0.2, 0.25) is 0 Å². The minimum Gasteiger partial charge on any atom is -0.466 e. The van der Waals surface area contributed by atoms with E-state index in [-0.39, 0.29) is 10.5 Å². The van der Waals surface area contributed by atoms with Crippen LogP contribution in [0.3, 0.4) is 0 Å². The zero-order valence-corrected chi connectivity index (χ0v) is 14.1. The molecule has 132 valence electrons. The Bertz CT molecular complexity index is 776. The number of ether oxygens (including phenoxy) is 3. The molecular formula is C16H14O8S. The third-order valence-electron chi connectivity index (χ3n) is 4.32. The molecule has 1 aromatic rings. The maximum Gasteiger partial charge on any atom is 0.349 e. The van der Waals surface area contributed by atoms with Crippen molar-refractivity contribution in [2.24, 2.45) is 11.8 Å². The number of hydrogen-bond acceptors (Lipinski definition) is 9. The highest BCUT2D eigenvalue weighted by Gasteiger charge is 2.65. The molecule has 1 N–H and O–H groups in total. The Kier molecular flexibility index (Phi) is 4.21. The molecule has 0 amide bonds. The lowest BCUT2D eigenvalue weighted by Gasteiger charge is -2.30. The van der Waals surface area contributed by atoms with Gasteiger partial charge < -0.3 is 19.3 Å². The van der Waals surface area contributed by atoms with Crippen LogP contribution in [0.15, 0.2) is 29.3 Å². The van der Waals surface area contributed by atoms with Crippen molar-refractivity contribution in [2.45, 2.75) is 18.6 Å². The number of carbonyl (C=O) groups is 4. The monoisotopic (exact) mass is 366 g/mol. The van der Waals surface area contributed by atoms with E-state index in [1.807, 2.05) is 0 Å². The zero-order valence-electron chi connectivity index (χ0n) is 13.3. The second kappa shape index (κ2) is 6.08. The third-order valence-corrected chi connectivity index (χ3v) is 5.17. The van der Waals surface area contributed by atoms with Gasteiger partial charge in [0.25, 0.3) is 0 Å². The number of carbonyl (C=O) groups excluding carboxylic acids is 4. The van der Waals surface area contributed by atoms with Crippen molar-refractivity contribution >= 4 is 35.0 Å². The lowest BCUT2D eigenvalue weighted by Crippen LogP contribution is -2.48. The summed E-state index contributed by atoms with van der Waals surface area (Å²) in [6, 6.07) is 3.13. The Balaban J connectivity index is 1.96. The molecule has 1 saturated carbocycles. The van der Waals surface area contributed by atoms with Crippen molar-refractivity contribution in [1.29, 1.82) is 0 Å². The summed E-state index contributed by atoms with van der Waals surface area (Å²) >= 11 is 1.11. The number of aliphatic hydroxyl groups is 1. The Morgan fingerprint density at radius 1 is 1.32 bits per heavy atom. The molecule has 8 nitrogen and oxygen atoms in total. The van der Waals surface area contributed by atoms with E-state index in [9.17, 15) is 24.3 Å². The minimum atomic E-state index is -2.03. The van der Waals surface area contributed by atoms with Crippen molar-refractivity contribution < 1.29 is 38.5 Å². The van der Waals surface area contributed by atoms with Gasteiger partial charge in [-0.3, -0.25) is 9.59 Å². The van der Waals surface area contributed by atoms with Crippen LogP contribution in [0.2, 0.25) is 0 Å². The lowest BCUT2D eigenvalue weighted by atomic mass is 9.81. The molecule has 0 aromatic carbocycles. The predicted molar refractivity (Wildman–Crippen MR) is 82.3 cm³/mol. The Morgan fingerprint density at radius 2 is 2.04 bits per heavy atom. The Labute approximate surface area is 146 Å². The molecule has 4 atom stereocenters. The van der Waals surface area contributed by atoms with Crippen LogP contribution in [-0.4, -0.2) is 47.6 Å². The number of methoxy groups -OCH3 is 1. The summed E-state index contributed by atoms with van der Waals surface area (Å²) in [5, 5.41) is 12.4. The summed E-state index contributed by atoms with van der Waals surface area (Å²) in [5.74, 6) is -5.98. The summed E-state index contributed by atoms with van der Waals surface area (Å²) in [7, 11) is 1.11. The highest BCUT2D eigenvalue weighted by molar-refractivity contribution is 7.11. The smallest absolute Gasteiger partial charge is 0.349 e. The molecule has 25 heavy (non-hydrogen) atoms. The minimum absolute atomic E-state index is 0.202. The SMILES string of the molecule is COC(=O)C1=COC(=O)[C@H]2[C@@H]1C(=O)[C@H](OC(=O)c1cccs1)[C@]2(C)O. The van der Waals surface area contributed by atoms with Gasteiger partial charge in [-0.15, -0.1) is 11.3 Å². The summed E-state index contributed by atoms with van der Waals surface area (Å²) in [4.78, 5) is 49.1. The molecule has 0 bridgehead atoms. The van der Waals surface area contributed by atoms with Crippen molar-refractivity contribution in [2.75, 3.05) is 7.11 Å². The molecule has 2 aliphatic rings. The van der Waals surface area contributed by atoms with Crippen LogP contribution in [0.25, 0.3) is 0 Å². The summed E-state index contributed by atoms with van der Waals surface area (Å²) < 4.78 is 14.5. The van der Waals surface area contributed by atoms with Crippen LogP contribution in [0.1, 0.15) is 16.6 Å². The number of fused-ring (bicyclic) bond motifs is 1. The molecule has 0 unspecified atom stereocenters. The number of esters is 3. The second-order valence-corrected chi connectivity index (χ2v) is 6.80. The maximum atomic E-state index is 12.7. The van der Waals surface area contributed by atoms with E-state index in [0.717, 1.165) is 24.7 Å². The van der Waals surface area contributed by atoms with E-state index >= 15 is 0 Å². The van der Waals surface area contributed by atoms with Gasteiger partial charge >= 0.3 is 17.9 Å². The number of rotatable bonds is 3. The average Bonchev–Trinajstić information content (AvgIpc) is 3.17. The van der Waals surface area contributed by atoms with Crippen LogP contribution in [0.4, 0.5) is 0 Å². The first-order chi connectivity index (χ1) is 11.8. The molecule has 1 aliphatic heterocycles. The first-order valence-corrected chi connectivity index (χ1v) is 8.16. The summed E-state index contributed by atoms with van der Waals surface area (Å²) in [6.07, 6.45) is -0.775. The van der Waals surface area contributed by atoms with Crippen LogP contribution >= 0.6 is 11.3 Å². The first-order valence-electron chi connectivity index (χ1n) is 7.28. The van der Waals surface area contributed by atoms with Gasteiger partial charge in [-0.2, -0.15) is 0 Å². The van der Waals surface area contributed by atoms with E-state index in [0.29, 0.717) is 0 Å². The maximum absolute atomic E-state index is 12.7. The number of cyclic esters (lactones) is 1. The standard InChI is InChI=1S/C16H14O8S/c1-16(21)10-9(7(13(18)22-2)6-23-15(10)20)11(17)12(16)24-14(19)8-4-3-5-25-8/h3-6,9-10,12,21H,1-2H3/t9-,10-,12+,16-/m1/s1. The van der Waals surface area contributed by atoms with Crippen molar-refractivity contribution in [3.05, 3.63) is 34.2 Å². The predicted octanol–water partition coefficient (Wildman–Crippen LogP) is 0.453. The Hall–Kier alpha value is -2.52. The van der Waals surface area contributed by atoms with Crippen LogP contribution in [0, 0.1) is 11.8 Å². The van der Waals surface area contributed by atoms with Gasteiger partial charge in [0.15, 0.2) is 11.9 Å². The summed E-state index contributed by atoms with van der Waals surface area (Å²) in [6.45, 7) is 1.20. The van der Waals surface area contributed by atoms with Gasteiger partial charge in [0, 0.05) is 0 Å². The largest absolute Gasteiger partial charge is 0.466 e. The molecule has 0 spiro atoms. The number of Topliss-reactive ketones (excluding diaryl/α,β-unsaturated/α-hetero) is 1. The van der Waals surface area contributed by atoms with Gasteiger partial charge in [0.1, 0.15) is 22.7 Å². The quantitative estimate of drug-likeness (QED) is 0.606. The Morgan fingerprint density at radius 3 is 2.64 bits per heavy atom. The van der Waals surface area contributed by atoms with E-state index in [1.54, 1.807) is 11.4 Å². The molecule has 9 heteroatoms. The molecule has 3 rings (SSSR count). The molecule has 2 heterocycles. The van der Waals surface area contributed by atoms with E-state index in [4.69, 9.17) is 9.47 Å². The van der Waals surface area contributed by atoms with Crippen LogP contribution in [0.5, 0.6) is 0 Å². The van der Waals surface area contributed by atoms with Gasteiger partial charge in [-0.1, -0.05) is 6.07 Å². The fraction of sp³-hybridized carbons (Fsp3) is 0.375. The van der Waals surface area contributed by atoms with Crippen LogP contribution < -0.4 is 0 Å². The normalized spacial score (nSPS) is 31.0. The third kappa shape index (κ3) is 2.65. The topological polar surface area (TPSA) is 116 Å². The van der Waals surface area contributed by atoms with E-state index < -0.39 is 47.2 Å². The van der Waals surface area contributed by atoms with E-state index in [2.05, 4.69) is 4.74 Å². The fourth-order valence-corrected chi connectivity index (χ4v) is 3.73. The summed E-state index contributed by atoms with van der Waals surface area (Å²) in [5.41, 5.74) is -2.23. The van der Waals surface area contributed by atoms with Crippen molar-refractivity contribution in [3.63, 3.8) is 0 Å². The number of ketones is 1. The average molecular weight is 366 g/mol. The molecule has 1 aromatic heterocycles. The fourth-order valence-electron chi connectivity index (χ4n) is 3.12. The first kappa shape index (κ1) is 17.3. The van der Waals surface area contributed by atoms with Crippen molar-refractivity contribution in [1.82, 2.24) is 0 Å². The lowest BCUT2D eigenvalue weighted by molar-refractivity contribution is -0.159. The zero-order chi connectivity index (χ0) is 18.4. The van der Waals surface area contributed by atoms with Gasteiger partial charge in [-0.05, 0) is 18.4 Å². The highest BCUT2D eigenvalue weighted by Crippen LogP contribution is 2.46. The number of thiophene rings is 1. The molecule has 1 aliphatic carbocycles. The van der Waals surface area contributed by atoms with Crippen molar-refractivity contribution in [3.8, 4) is 0 Å². The van der Waals surface area contributed by atoms with Gasteiger partial charge in [-0.25, -0.2) is 9.59 Å². The molecule has 0 radical (unpaired) electrons. The van der Waals surface area contributed by atoms with Crippen LogP contribution in [-0.2, 0) is 28.6 Å². The van der Waals surface area contributed by atoms with E-state index in [1.165, 1.54) is 13.0 Å². The number of hydrogen-bond donors (Lipinski definition) is 1. The molecule has 0 saturated heterocycles. The highest BCUT2D eigenvalue weighted by atomic mass is 32.1. The molecular weight excluding hydrogens is 352 g/mol.